The van der Waals surface area contributed by atoms with Crippen LogP contribution in [0.15, 0.2) is 30.3 Å². The van der Waals surface area contributed by atoms with Crippen LogP contribution < -0.4 is 33.2 Å². The van der Waals surface area contributed by atoms with Gasteiger partial charge < -0.3 is 43.4 Å². The number of carbonyl (C=O) groups is 5. The Morgan fingerprint density at radius 1 is 0.692 bits per heavy atom. The third-order valence-electron chi connectivity index (χ3n) is 6.06. The maximum Gasteiger partial charge on any atom is 0.326 e. The molecule has 0 bridgehead atoms. The summed E-state index contributed by atoms with van der Waals surface area (Å²) in [5.74, 6) is -4.54. The molecule has 0 aliphatic carbocycles. The van der Waals surface area contributed by atoms with Crippen LogP contribution in [0.1, 0.15) is 56.9 Å². The van der Waals surface area contributed by atoms with Crippen molar-refractivity contribution in [2.75, 3.05) is 13.1 Å². The van der Waals surface area contributed by atoms with Gasteiger partial charge in [-0.15, -0.1) is 0 Å². The molecule has 1 rings (SSSR count). The Bertz CT molecular complexity index is 931. The van der Waals surface area contributed by atoms with Gasteiger partial charge in [-0.1, -0.05) is 36.8 Å². The second kappa shape index (κ2) is 18.7. The number of carboxylic acid groups (broad SMARTS) is 2. The SMILES string of the molecule is NCCCCC(N)C(=O)NC(Cc1ccccc1)C(=O)NC(CCCCN)C(=O)NC(CCC(=O)O)C(=O)O. The molecule has 39 heavy (non-hydrogen) atoms. The van der Waals surface area contributed by atoms with Gasteiger partial charge in [0.2, 0.25) is 17.7 Å². The van der Waals surface area contributed by atoms with Gasteiger partial charge in [0.15, 0.2) is 0 Å². The van der Waals surface area contributed by atoms with Crippen molar-refractivity contribution in [2.24, 2.45) is 17.2 Å². The van der Waals surface area contributed by atoms with Crippen LogP contribution in [0.5, 0.6) is 0 Å². The molecule has 13 nitrogen and oxygen atoms in total. The van der Waals surface area contributed by atoms with Crippen LogP contribution in [0, 0.1) is 0 Å². The number of amides is 3. The van der Waals surface area contributed by atoms with Crippen molar-refractivity contribution >= 4 is 29.7 Å². The normalized spacial score (nSPS) is 13.9. The van der Waals surface area contributed by atoms with Crippen molar-refractivity contribution in [1.29, 1.82) is 0 Å². The minimum Gasteiger partial charge on any atom is -0.481 e. The number of carbonyl (C=O) groups excluding carboxylic acids is 3. The summed E-state index contributed by atoms with van der Waals surface area (Å²) in [7, 11) is 0. The highest BCUT2D eigenvalue weighted by atomic mass is 16.4. The first-order chi connectivity index (χ1) is 18.6. The quantitative estimate of drug-likeness (QED) is 0.0941. The summed E-state index contributed by atoms with van der Waals surface area (Å²) in [5, 5.41) is 25.9. The lowest BCUT2D eigenvalue weighted by Crippen LogP contribution is -2.57. The Kier molecular flexibility index (Phi) is 16.0. The molecule has 4 unspecified atom stereocenters. The van der Waals surface area contributed by atoms with Gasteiger partial charge in [0.05, 0.1) is 6.04 Å². The molecule has 0 aromatic heterocycles. The Morgan fingerprint density at radius 2 is 1.23 bits per heavy atom. The summed E-state index contributed by atoms with van der Waals surface area (Å²) < 4.78 is 0. The second-order valence-electron chi connectivity index (χ2n) is 9.32. The molecule has 0 spiro atoms. The summed E-state index contributed by atoms with van der Waals surface area (Å²) in [6, 6.07) is 4.47. The van der Waals surface area contributed by atoms with E-state index in [-0.39, 0.29) is 19.3 Å². The summed E-state index contributed by atoms with van der Waals surface area (Å²) in [6.07, 6.45) is 2.26. The molecule has 4 atom stereocenters. The molecule has 3 amide bonds. The maximum atomic E-state index is 13.4. The smallest absolute Gasteiger partial charge is 0.326 e. The van der Waals surface area contributed by atoms with Gasteiger partial charge in [-0.25, -0.2) is 4.79 Å². The highest BCUT2D eigenvalue weighted by Crippen LogP contribution is 2.08. The van der Waals surface area contributed by atoms with E-state index < -0.39 is 60.2 Å². The molecule has 0 aliphatic rings. The van der Waals surface area contributed by atoms with Crippen LogP contribution in [0.2, 0.25) is 0 Å². The molecular formula is C26H42N6O7. The predicted octanol–water partition coefficient (Wildman–Crippen LogP) is -0.782. The molecule has 0 radical (unpaired) electrons. The molecule has 11 N–H and O–H groups in total. The van der Waals surface area contributed by atoms with E-state index in [9.17, 15) is 29.1 Å². The van der Waals surface area contributed by atoms with E-state index in [1.54, 1.807) is 24.3 Å². The van der Waals surface area contributed by atoms with Gasteiger partial charge in [0.25, 0.3) is 0 Å². The first-order valence-corrected chi connectivity index (χ1v) is 13.1. The highest BCUT2D eigenvalue weighted by Gasteiger charge is 2.30. The lowest BCUT2D eigenvalue weighted by Gasteiger charge is -2.25. The van der Waals surface area contributed by atoms with E-state index >= 15 is 0 Å². The highest BCUT2D eigenvalue weighted by molar-refractivity contribution is 5.94. The average Bonchev–Trinajstić information content (AvgIpc) is 2.90. The lowest BCUT2D eigenvalue weighted by atomic mass is 10.0. The van der Waals surface area contributed by atoms with Crippen molar-refractivity contribution in [2.45, 2.75) is 82.0 Å². The average molecular weight is 551 g/mol. The maximum absolute atomic E-state index is 13.4. The molecule has 1 aromatic carbocycles. The lowest BCUT2D eigenvalue weighted by molar-refractivity contribution is -0.143. The van der Waals surface area contributed by atoms with Crippen molar-refractivity contribution in [1.82, 2.24) is 16.0 Å². The van der Waals surface area contributed by atoms with E-state index in [2.05, 4.69) is 16.0 Å². The van der Waals surface area contributed by atoms with Crippen LogP contribution in [-0.2, 0) is 30.4 Å². The number of hydrogen-bond acceptors (Lipinski definition) is 8. The number of nitrogens with two attached hydrogens (primary N) is 3. The van der Waals surface area contributed by atoms with E-state index in [0.29, 0.717) is 45.2 Å². The molecule has 0 saturated heterocycles. The molecule has 0 fully saturated rings. The summed E-state index contributed by atoms with van der Waals surface area (Å²) >= 11 is 0. The molecule has 218 valence electrons. The van der Waals surface area contributed by atoms with Gasteiger partial charge in [0.1, 0.15) is 18.1 Å². The predicted molar refractivity (Wildman–Crippen MR) is 144 cm³/mol. The van der Waals surface area contributed by atoms with Gasteiger partial charge in [-0.3, -0.25) is 19.2 Å². The molecule has 0 heterocycles. The van der Waals surface area contributed by atoms with Gasteiger partial charge in [-0.05, 0) is 57.2 Å². The number of benzene rings is 1. The van der Waals surface area contributed by atoms with Gasteiger partial charge in [-0.2, -0.15) is 0 Å². The third kappa shape index (κ3) is 13.7. The fraction of sp³-hybridized carbons (Fsp3) is 0.577. The second-order valence-corrected chi connectivity index (χ2v) is 9.32. The fourth-order valence-corrected chi connectivity index (χ4v) is 3.81. The monoisotopic (exact) mass is 550 g/mol. The summed E-state index contributed by atoms with van der Waals surface area (Å²) in [4.78, 5) is 61.6. The number of unbranched alkanes of at least 4 members (excludes halogenated alkanes) is 2. The summed E-state index contributed by atoms with van der Waals surface area (Å²) in [6.45, 7) is 0.827. The zero-order valence-corrected chi connectivity index (χ0v) is 22.1. The molecule has 0 aliphatic heterocycles. The van der Waals surface area contributed by atoms with E-state index in [0.717, 1.165) is 5.56 Å². The Hall–Kier alpha value is -3.55. The van der Waals surface area contributed by atoms with E-state index in [1.807, 2.05) is 6.07 Å². The number of rotatable bonds is 20. The molecule has 1 aromatic rings. The standard InChI is InChI=1S/C26H42N6O7/c27-14-6-4-10-18(29)23(35)32-21(16-17-8-2-1-3-9-17)25(37)30-19(11-5-7-15-28)24(36)31-20(26(38)39)12-13-22(33)34/h1-3,8-9,18-21H,4-7,10-16,27-29H2,(H,30,37)(H,31,36)(H,32,35)(H,33,34)(H,38,39). The topological polar surface area (TPSA) is 240 Å². The number of aliphatic carboxylic acids is 2. The number of carboxylic acids is 2. The molecular weight excluding hydrogens is 508 g/mol. The van der Waals surface area contributed by atoms with Crippen molar-refractivity contribution in [3.8, 4) is 0 Å². The van der Waals surface area contributed by atoms with E-state index in [1.165, 1.54) is 0 Å². The van der Waals surface area contributed by atoms with Crippen LogP contribution in [0.25, 0.3) is 0 Å². The molecule has 13 heteroatoms. The minimum absolute atomic E-state index is 0.126. The van der Waals surface area contributed by atoms with Crippen molar-refractivity contribution in [3.63, 3.8) is 0 Å². The Morgan fingerprint density at radius 3 is 1.79 bits per heavy atom. The zero-order valence-electron chi connectivity index (χ0n) is 22.1. The number of nitrogens with one attached hydrogen (secondary N) is 3. The molecule has 0 saturated carbocycles. The first-order valence-electron chi connectivity index (χ1n) is 13.1. The number of hydrogen-bond donors (Lipinski definition) is 8. The van der Waals surface area contributed by atoms with Gasteiger partial charge >= 0.3 is 11.9 Å². The van der Waals surface area contributed by atoms with Crippen LogP contribution >= 0.6 is 0 Å². The van der Waals surface area contributed by atoms with Crippen LogP contribution in [0.3, 0.4) is 0 Å². The fourth-order valence-electron chi connectivity index (χ4n) is 3.81. The third-order valence-corrected chi connectivity index (χ3v) is 6.06. The van der Waals surface area contributed by atoms with Crippen molar-refractivity contribution < 1.29 is 34.2 Å². The minimum atomic E-state index is -1.45. The van der Waals surface area contributed by atoms with E-state index in [4.69, 9.17) is 22.3 Å². The summed E-state index contributed by atoms with van der Waals surface area (Å²) in [5.41, 5.74) is 17.8. The van der Waals surface area contributed by atoms with Crippen LogP contribution in [-0.4, -0.2) is 77.1 Å². The zero-order chi connectivity index (χ0) is 29.2. The largest absolute Gasteiger partial charge is 0.481 e. The van der Waals surface area contributed by atoms with Crippen LogP contribution in [0.4, 0.5) is 0 Å². The van der Waals surface area contributed by atoms with Gasteiger partial charge in [0, 0.05) is 12.8 Å². The Balaban J connectivity index is 3.06. The van der Waals surface area contributed by atoms with Crippen molar-refractivity contribution in [3.05, 3.63) is 35.9 Å². The first kappa shape index (κ1) is 33.5. The Labute approximate surface area is 228 Å².